The maximum atomic E-state index is 14.2. The Hall–Kier alpha value is -3.74. The van der Waals surface area contributed by atoms with Crippen LogP contribution in [0.5, 0.6) is 5.75 Å². The first-order chi connectivity index (χ1) is 19.3. The summed E-state index contributed by atoms with van der Waals surface area (Å²) in [6.45, 7) is 3.84. The third-order valence-electron chi connectivity index (χ3n) is 9.06. The first kappa shape index (κ1) is 28.8. The lowest BCUT2D eigenvalue weighted by atomic mass is 9.54. The zero-order valence-corrected chi connectivity index (χ0v) is 23.2. The molecule has 3 aliphatic carbocycles. The number of likely N-dealkylation sites (N-methyl/N-ethyl adjacent to an activating group) is 1. The summed E-state index contributed by atoms with van der Waals surface area (Å²) >= 11 is 0. The van der Waals surface area contributed by atoms with Crippen LogP contribution in [-0.2, 0) is 23.9 Å². The Morgan fingerprint density at radius 3 is 2.41 bits per heavy atom. The number of phenols is 1. The minimum Gasteiger partial charge on any atom is -0.508 e. The zero-order chi connectivity index (χ0) is 30.0. The number of Topliss-reactive ketones (excluding diaryl/α,β-unsaturated/α-hetero) is 2. The number of amides is 1. The molecule has 1 aromatic carbocycles. The number of hydrogen-bond acceptors (Lipinski definition) is 11. The molecule has 2 fully saturated rings. The molecule has 0 aromatic heterocycles. The van der Waals surface area contributed by atoms with Gasteiger partial charge in [-0.25, -0.2) is 0 Å². The molecule has 1 amide bonds. The molecule has 1 aromatic rings. The predicted molar refractivity (Wildman–Crippen MR) is 145 cm³/mol. The summed E-state index contributed by atoms with van der Waals surface area (Å²) < 4.78 is 6.03. The Kier molecular flexibility index (Phi) is 7.21. The second kappa shape index (κ2) is 10.3. The van der Waals surface area contributed by atoms with Crippen molar-refractivity contribution in [3.63, 3.8) is 0 Å². The number of aliphatic hydroxyl groups is 3. The van der Waals surface area contributed by atoms with Gasteiger partial charge in [-0.2, -0.15) is 0 Å². The Labute approximate surface area is 236 Å². The number of nitrogens with zero attached hydrogens (tertiary/aromatic N) is 2. The molecule has 5 rings (SSSR count). The molecule has 6 atom stereocenters. The minimum absolute atomic E-state index is 0.00592. The van der Waals surface area contributed by atoms with Gasteiger partial charge in [0.15, 0.2) is 11.4 Å². The van der Waals surface area contributed by atoms with Crippen LogP contribution >= 0.6 is 0 Å². The third-order valence-corrected chi connectivity index (χ3v) is 9.06. The molecule has 0 unspecified atom stereocenters. The van der Waals surface area contributed by atoms with Crippen LogP contribution in [0.15, 0.2) is 35.1 Å². The largest absolute Gasteiger partial charge is 0.508 e. The van der Waals surface area contributed by atoms with Gasteiger partial charge in [0.05, 0.1) is 23.9 Å². The molecule has 1 aliphatic heterocycles. The van der Waals surface area contributed by atoms with Gasteiger partial charge in [-0.05, 0) is 57.6 Å². The number of aromatic hydroxyl groups is 1. The fourth-order valence-electron chi connectivity index (χ4n) is 7.15. The van der Waals surface area contributed by atoms with Crippen molar-refractivity contribution in [2.45, 2.75) is 49.9 Å². The van der Waals surface area contributed by atoms with Crippen LogP contribution in [0.1, 0.15) is 43.2 Å². The molecule has 220 valence electrons. The predicted octanol–water partition coefficient (Wildman–Crippen LogP) is 0.533. The third kappa shape index (κ3) is 4.23. The Morgan fingerprint density at radius 2 is 1.80 bits per heavy atom. The average Bonchev–Trinajstić information content (AvgIpc) is 3.42. The Bertz CT molecular complexity index is 1390. The number of benzene rings is 1. The second-order valence-corrected chi connectivity index (χ2v) is 11.6. The van der Waals surface area contributed by atoms with Crippen LogP contribution in [0.25, 0.3) is 5.76 Å². The summed E-state index contributed by atoms with van der Waals surface area (Å²) in [6.07, 6.45) is 0.636. The maximum Gasteiger partial charge on any atom is 0.307 e. The monoisotopic (exact) mass is 569 g/mol. The van der Waals surface area contributed by atoms with E-state index in [1.54, 1.807) is 19.1 Å². The van der Waals surface area contributed by atoms with Crippen LogP contribution in [0.2, 0.25) is 0 Å². The van der Waals surface area contributed by atoms with Gasteiger partial charge in [0.25, 0.3) is 5.91 Å². The van der Waals surface area contributed by atoms with Gasteiger partial charge in [0.2, 0.25) is 5.78 Å². The van der Waals surface area contributed by atoms with E-state index in [0.29, 0.717) is 12.1 Å². The Balaban J connectivity index is 1.71. The highest BCUT2D eigenvalue weighted by Gasteiger charge is 2.69. The standard InChI is InChI=1S/C29H35N3O9/c1-13-14-7-6-8-15(33)18(14)23(35)19-17(13)25(41-16(34)9-12-32-10-4-5-11-32)21-22(31(2)3)24(36)20(28(30)39)27(38)29(21,40)26(19)37/h6-8,13,17,21-22,25,33,35,38,40H,4-5,9-12H2,1-3H3,(H2,30,39)/t13-,17-,21+,22+,25-,29+/m0/s1. The maximum absolute atomic E-state index is 14.2. The summed E-state index contributed by atoms with van der Waals surface area (Å²) in [7, 11) is 2.97. The van der Waals surface area contributed by atoms with Gasteiger partial charge < -0.3 is 35.8 Å². The number of primary amides is 1. The Morgan fingerprint density at radius 1 is 1.15 bits per heavy atom. The minimum atomic E-state index is -2.95. The molecule has 0 bridgehead atoms. The number of hydrogen-bond donors (Lipinski definition) is 5. The number of carbonyl (C=O) groups is 4. The number of esters is 1. The van der Waals surface area contributed by atoms with E-state index in [9.17, 15) is 39.6 Å². The van der Waals surface area contributed by atoms with E-state index in [1.165, 1.54) is 25.1 Å². The van der Waals surface area contributed by atoms with Crippen molar-refractivity contribution in [3.8, 4) is 5.75 Å². The van der Waals surface area contributed by atoms with E-state index < -0.39 is 76.0 Å². The van der Waals surface area contributed by atoms with Crippen LogP contribution in [0.3, 0.4) is 0 Å². The quantitative estimate of drug-likeness (QED) is 0.237. The van der Waals surface area contributed by atoms with Crippen molar-refractivity contribution >= 4 is 29.2 Å². The second-order valence-electron chi connectivity index (χ2n) is 11.6. The normalized spacial score (nSPS) is 31.7. The van der Waals surface area contributed by atoms with Crippen LogP contribution in [0.4, 0.5) is 0 Å². The van der Waals surface area contributed by atoms with Gasteiger partial charge in [-0.3, -0.25) is 24.1 Å². The fraction of sp³-hybridized carbons (Fsp3) is 0.517. The highest BCUT2D eigenvalue weighted by Crippen LogP contribution is 2.56. The smallest absolute Gasteiger partial charge is 0.307 e. The SMILES string of the molecule is C[C@H]1c2cccc(O)c2C(O)=C2C(=O)[C@@]3(O)C(O)=C(C(N)=O)C(=O)[C@H](N(C)C)[C@@H]3[C@@H](OC(=O)CCN3CCCC3)[C@H]21. The number of fused-ring (bicyclic) bond motifs is 3. The van der Waals surface area contributed by atoms with Crippen molar-refractivity contribution < 1.29 is 44.3 Å². The first-order valence-electron chi connectivity index (χ1n) is 13.7. The number of ether oxygens (including phenoxy) is 1. The molecule has 0 spiro atoms. The molecule has 41 heavy (non-hydrogen) atoms. The summed E-state index contributed by atoms with van der Waals surface area (Å²) in [6, 6.07) is 3.15. The van der Waals surface area contributed by atoms with Crippen LogP contribution in [-0.4, -0.2) is 105 Å². The number of aliphatic hydroxyl groups excluding tert-OH is 2. The molecule has 1 saturated carbocycles. The van der Waals surface area contributed by atoms with E-state index in [-0.39, 0.29) is 23.3 Å². The number of carbonyl (C=O) groups excluding carboxylic acids is 4. The number of ketones is 2. The van der Waals surface area contributed by atoms with Gasteiger partial charge in [-0.1, -0.05) is 19.1 Å². The highest BCUT2D eigenvalue weighted by atomic mass is 16.5. The number of nitrogens with two attached hydrogens (primary N) is 1. The average molecular weight is 570 g/mol. The summed E-state index contributed by atoms with van der Waals surface area (Å²) in [5.74, 6) is -9.59. The van der Waals surface area contributed by atoms with E-state index in [4.69, 9.17) is 10.5 Å². The van der Waals surface area contributed by atoms with Crippen LogP contribution in [0, 0.1) is 11.8 Å². The molecule has 4 aliphatic rings. The molecule has 0 radical (unpaired) electrons. The molecule has 12 nitrogen and oxygen atoms in total. The molecule has 1 saturated heterocycles. The number of likely N-dealkylation sites (tertiary alicyclic amines) is 1. The molecule has 12 heteroatoms. The van der Waals surface area contributed by atoms with E-state index >= 15 is 0 Å². The van der Waals surface area contributed by atoms with Crippen molar-refractivity contribution in [2.24, 2.45) is 17.6 Å². The van der Waals surface area contributed by atoms with Gasteiger partial charge in [0, 0.05) is 18.0 Å². The number of rotatable bonds is 6. The lowest BCUT2D eigenvalue weighted by molar-refractivity contribution is -0.185. The van der Waals surface area contributed by atoms with Gasteiger partial charge in [-0.15, -0.1) is 0 Å². The lowest BCUT2D eigenvalue weighted by Gasteiger charge is -2.54. The van der Waals surface area contributed by atoms with Gasteiger partial charge >= 0.3 is 5.97 Å². The van der Waals surface area contributed by atoms with E-state index in [0.717, 1.165) is 25.9 Å². The first-order valence-corrected chi connectivity index (χ1v) is 13.7. The number of phenolic OH excluding ortho intramolecular Hbond substituents is 1. The summed E-state index contributed by atoms with van der Waals surface area (Å²) in [5.41, 5.74) is 1.57. The van der Waals surface area contributed by atoms with Crippen molar-refractivity contribution in [1.29, 1.82) is 0 Å². The molecular formula is C29H35N3O9. The summed E-state index contributed by atoms with van der Waals surface area (Å²) in [4.78, 5) is 56.9. The molecule has 1 heterocycles. The van der Waals surface area contributed by atoms with Crippen molar-refractivity contribution in [3.05, 3.63) is 46.2 Å². The van der Waals surface area contributed by atoms with E-state index in [2.05, 4.69) is 4.90 Å². The summed E-state index contributed by atoms with van der Waals surface area (Å²) in [5, 5.41) is 45.3. The zero-order valence-electron chi connectivity index (χ0n) is 23.2. The highest BCUT2D eigenvalue weighted by molar-refractivity contribution is 6.24. The molecular weight excluding hydrogens is 534 g/mol. The van der Waals surface area contributed by atoms with Crippen LogP contribution < -0.4 is 5.73 Å². The topological polar surface area (TPSA) is 191 Å². The van der Waals surface area contributed by atoms with E-state index in [1.807, 2.05) is 0 Å². The molecule has 6 N–H and O–H groups in total. The van der Waals surface area contributed by atoms with Crippen molar-refractivity contribution in [2.75, 3.05) is 33.7 Å². The lowest BCUT2D eigenvalue weighted by Crippen LogP contribution is -2.71. The fourth-order valence-corrected chi connectivity index (χ4v) is 7.15. The van der Waals surface area contributed by atoms with Gasteiger partial charge in [0.1, 0.15) is 28.9 Å². The van der Waals surface area contributed by atoms with Crippen molar-refractivity contribution in [1.82, 2.24) is 9.80 Å².